The number of fused-ring (bicyclic) bond motifs is 1. The Balaban J connectivity index is 2.12. The molecule has 1 heterocycles. The van der Waals surface area contributed by atoms with Gasteiger partial charge in [-0.25, -0.2) is 0 Å². The van der Waals surface area contributed by atoms with Crippen LogP contribution in [0, 0.1) is 0 Å². The maximum absolute atomic E-state index is 11.6. The number of carbonyl (C=O) groups is 2. The van der Waals surface area contributed by atoms with Crippen LogP contribution >= 0.6 is 0 Å². The van der Waals surface area contributed by atoms with Crippen molar-refractivity contribution >= 4 is 17.6 Å². The summed E-state index contributed by atoms with van der Waals surface area (Å²) in [5.74, 6) is -0.696. The number of hydrogen-bond donors (Lipinski definition) is 2. The summed E-state index contributed by atoms with van der Waals surface area (Å²) in [6.07, 6.45) is 1.19. The molecule has 1 aromatic rings. The first-order chi connectivity index (χ1) is 9.51. The number of nitrogens with zero attached hydrogens (tertiary/aromatic N) is 1. The molecule has 1 aliphatic rings. The number of likely N-dealkylation sites (N-methyl/N-ethyl adjacent to an activating group) is 2. The predicted molar refractivity (Wildman–Crippen MR) is 77.0 cm³/mol. The van der Waals surface area contributed by atoms with E-state index >= 15 is 0 Å². The largest absolute Gasteiger partial charge is 0.481 e. The number of benzene rings is 1. The average Bonchev–Trinajstić information content (AvgIpc) is 2.64. The monoisotopic (exact) mass is 276 g/mol. The van der Waals surface area contributed by atoms with E-state index in [0.717, 1.165) is 23.4 Å². The van der Waals surface area contributed by atoms with E-state index < -0.39 is 5.97 Å². The molecule has 0 bridgehead atoms. The van der Waals surface area contributed by atoms with Crippen LogP contribution in [0.25, 0.3) is 0 Å². The van der Waals surface area contributed by atoms with Gasteiger partial charge in [0.1, 0.15) is 0 Å². The zero-order chi connectivity index (χ0) is 14.7. The first kappa shape index (κ1) is 14.5. The smallest absolute Gasteiger partial charge is 0.304 e. The van der Waals surface area contributed by atoms with Gasteiger partial charge >= 0.3 is 5.97 Å². The Labute approximate surface area is 118 Å². The van der Waals surface area contributed by atoms with Crippen LogP contribution in [-0.2, 0) is 22.4 Å². The minimum Gasteiger partial charge on any atom is -0.481 e. The van der Waals surface area contributed by atoms with E-state index in [1.54, 1.807) is 11.9 Å². The Hall–Kier alpha value is -1.88. The number of rotatable bonds is 6. The maximum Gasteiger partial charge on any atom is 0.304 e. The minimum atomic E-state index is -0.799. The molecule has 0 saturated carbocycles. The number of carboxylic acid groups (broad SMARTS) is 1. The number of carbonyl (C=O) groups excluding carboxylic acids is 1. The van der Waals surface area contributed by atoms with Crippen LogP contribution < -0.4 is 10.2 Å². The Morgan fingerprint density at radius 3 is 2.90 bits per heavy atom. The third-order valence-corrected chi connectivity index (χ3v) is 3.62. The fourth-order valence-corrected chi connectivity index (χ4v) is 2.65. The predicted octanol–water partition coefficient (Wildman–Crippen LogP) is 1.20. The van der Waals surface area contributed by atoms with Crippen molar-refractivity contribution in [2.45, 2.75) is 32.2 Å². The summed E-state index contributed by atoms with van der Waals surface area (Å²) in [6, 6.07) is 5.85. The van der Waals surface area contributed by atoms with Gasteiger partial charge in [0.15, 0.2) is 0 Å². The second-order valence-electron chi connectivity index (χ2n) is 5.15. The van der Waals surface area contributed by atoms with Crippen molar-refractivity contribution in [1.29, 1.82) is 0 Å². The molecular weight excluding hydrogens is 256 g/mol. The molecule has 2 rings (SSSR count). The van der Waals surface area contributed by atoms with E-state index in [0.29, 0.717) is 12.8 Å². The molecule has 5 heteroatoms. The first-order valence-electron chi connectivity index (χ1n) is 6.84. The van der Waals surface area contributed by atoms with Gasteiger partial charge in [0.2, 0.25) is 5.91 Å². The van der Waals surface area contributed by atoms with Crippen LogP contribution in [0.3, 0.4) is 0 Å². The highest BCUT2D eigenvalue weighted by Crippen LogP contribution is 2.28. The van der Waals surface area contributed by atoms with E-state index in [1.165, 1.54) is 0 Å². The van der Waals surface area contributed by atoms with Gasteiger partial charge in [-0.05, 0) is 30.2 Å². The van der Waals surface area contributed by atoms with Gasteiger partial charge in [0, 0.05) is 18.8 Å². The molecule has 1 atom stereocenters. The lowest BCUT2D eigenvalue weighted by molar-refractivity contribution is -0.137. The highest BCUT2D eigenvalue weighted by Gasteiger charge is 2.24. The fraction of sp³-hybridized carbons (Fsp3) is 0.467. The molecule has 1 amide bonds. The number of carboxylic acids is 1. The van der Waals surface area contributed by atoms with E-state index in [-0.39, 0.29) is 18.4 Å². The highest BCUT2D eigenvalue weighted by molar-refractivity contribution is 6.00. The molecule has 0 aromatic heterocycles. The van der Waals surface area contributed by atoms with Gasteiger partial charge in [-0.3, -0.25) is 9.59 Å². The van der Waals surface area contributed by atoms with Gasteiger partial charge in [0.25, 0.3) is 0 Å². The molecule has 2 N–H and O–H groups in total. The quantitative estimate of drug-likeness (QED) is 0.819. The van der Waals surface area contributed by atoms with E-state index in [2.05, 4.69) is 5.32 Å². The Morgan fingerprint density at radius 1 is 1.50 bits per heavy atom. The maximum atomic E-state index is 11.6. The molecule has 108 valence electrons. The second kappa shape index (κ2) is 6.05. The summed E-state index contributed by atoms with van der Waals surface area (Å²) in [7, 11) is 1.78. The number of aliphatic carboxylic acids is 1. The van der Waals surface area contributed by atoms with E-state index in [1.807, 2.05) is 25.1 Å². The number of nitrogens with one attached hydrogen (secondary N) is 1. The van der Waals surface area contributed by atoms with Crippen molar-refractivity contribution in [2.75, 3.05) is 18.5 Å². The van der Waals surface area contributed by atoms with E-state index in [9.17, 15) is 9.59 Å². The zero-order valence-corrected chi connectivity index (χ0v) is 11.8. The Bertz CT molecular complexity index is 528. The molecule has 0 spiro atoms. The van der Waals surface area contributed by atoms with Gasteiger partial charge in [-0.1, -0.05) is 19.1 Å². The molecule has 0 radical (unpaired) electrons. The van der Waals surface area contributed by atoms with Gasteiger partial charge in [-0.15, -0.1) is 0 Å². The molecule has 1 aliphatic heterocycles. The molecule has 5 nitrogen and oxygen atoms in total. The van der Waals surface area contributed by atoms with Crippen molar-refractivity contribution in [3.05, 3.63) is 29.3 Å². The van der Waals surface area contributed by atoms with Gasteiger partial charge < -0.3 is 15.3 Å². The lowest BCUT2D eigenvalue weighted by Crippen LogP contribution is -2.33. The number of amides is 1. The van der Waals surface area contributed by atoms with Gasteiger partial charge in [0.05, 0.1) is 12.8 Å². The standard InChI is InChI=1S/C15H20N2O3/c1-3-16-12(9-15(19)20)7-10-4-5-13-11(6-10)8-14(18)17(13)2/h4-6,12,16H,3,7-9H2,1-2H3,(H,19,20). The molecular formula is C15H20N2O3. The molecule has 0 aliphatic carbocycles. The molecule has 1 aromatic carbocycles. The lowest BCUT2D eigenvalue weighted by Gasteiger charge is -2.17. The van der Waals surface area contributed by atoms with Crippen molar-refractivity contribution in [3.63, 3.8) is 0 Å². The number of anilines is 1. The normalized spacial score (nSPS) is 15.3. The summed E-state index contributed by atoms with van der Waals surface area (Å²) in [4.78, 5) is 24.2. The molecule has 0 fully saturated rings. The SMILES string of the molecule is CCNC(CC(=O)O)Cc1ccc2c(c1)CC(=O)N2C. The molecule has 20 heavy (non-hydrogen) atoms. The van der Waals surface area contributed by atoms with Crippen LogP contribution in [0.5, 0.6) is 0 Å². The lowest BCUT2D eigenvalue weighted by atomic mass is 10.00. The van der Waals surface area contributed by atoms with Crippen LogP contribution in [0.4, 0.5) is 5.69 Å². The summed E-state index contributed by atoms with van der Waals surface area (Å²) in [6.45, 7) is 2.70. The third kappa shape index (κ3) is 3.17. The van der Waals surface area contributed by atoms with Crippen LogP contribution in [-0.4, -0.2) is 36.6 Å². The van der Waals surface area contributed by atoms with Crippen molar-refractivity contribution in [2.24, 2.45) is 0 Å². The highest BCUT2D eigenvalue weighted by atomic mass is 16.4. The molecule has 0 saturated heterocycles. The number of hydrogen-bond acceptors (Lipinski definition) is 3. The Morgan fingerprint density at radius 2 is 2.25 bits per heavy atom. The minimum absolute atomic E-state index is 0.0783. The summed E-state index contributed by atoms with van der Waals surface area (Å²) in [5.41, 5.74) is 3.05. The third-order valence-electron chi connectivity index (χ3n) is 3.62. The zero-order valence-electron chi connectivity index (χ0n) is 11.8. The van der Waals surface area contributed by atoms with E-state index in [4.69, 9.17) is 5.11 Å². The van der Waals surface area contributed by atoms with Crippen LogP contribution in [0.2, 0.25) is 0 Å². The van der Waals surface area contributed by atoms with Crippen LogP contribution in [0.15, 0.2) is 18.2 Å². The Kier molecular flexibility index (Phi) is 4.39. The fourth-order valence-electron chi connectivity index (χ4n) is 2.65. The van der Waals surface area contributed by atoms with Gasteiger partial charge in [-0.2, -0.15) is 0 Å². The van der Waals surface area contributed by atoms with Crippen molar-refractivity contribution in [1.82, 2.24) is 5.32 Å². The second-order valence-corrected chi connectivity index (χ2v) is 5.15. The molecule has 1 unspecified atom stereocenters. The average molecular weight is 276 g/mol. The first-order valence-corrected chi connectivity index (χ1v) is 6.84. The van der Waals surface area contributed by atoms with Crippen molar-refractivity contribution < 1.29 is 14.7 Å². The topological polar surface area (TPSA) is 69.6 Å². The summed E-state index contributed by atoms with van der Waals surface area (Å²) >= 11 is 0. The van der Waals surface area contributed by atoms with Crippen LogP contribution in [0.1, 0.15) is 24.5 Å². The summed E-state index contributed by atoms with van der Waals surface area (Å²) in [5, 5.41) is 12.1. The van der Waals surface area contributed by atoms with Crippen molar-refractivity contribution in [3.8, 4) is 0 Å². The summed E-state index contributed by atoms with van der Waals surface area (Å²) < 4.78 is 0.